The van der Waals surface area contributed by atoms with Gasteiger partial charge in [-0.1, -0.05) is 19.3 Å². The maximum atomic E-state index is 12.8. The molecule has 3 amide bonds. The number of amides is 3. The number of fused-ring (bicyclic) bond motifs is 1. The molecule has 2 aliphatic rings. The second-order valence-electron chi connectivity index (χ2n) is 9.42. The molecular weight excluding hydrogens is 404 g/mol. The zero-order valence-electron chi connectivity index (χ0n) is 19.6. The molecule has 8 heteroatoms. The minimum absolute atomic E-state index is 0.0515. The van der Waals surface area contributed by atoms with E-state index in [1.54, 1.807) is 0 Å². The van der Waals surface area contributed by atoms with E-state index in [0.717, 1.165) is 54.0 Å². The van der Waals surface area contributed by atoms with Crippen LogP contribution in [-0.4, -0.2) is 56.6 Å². The second kappa shape index (κ2) is 9.88. The summed E-state index contributed by atoms with van der Waals surface area (Å²) in [5, 5.41) is 10.8. The Morgan fingerprint density at radius 2 is 1.66 bits per heavy atom. The number of aromatic nitrogens is 3. The topological polar surface area (TPSA) is 91.6 Å². The predicted molar refractivity (Wildman–Crippen MR) is 124 cm³/mol. The van der Waals surface area contributed by atoms with Gasteiger partial charge in [0.05, 0.1) is 5.69 Å². The molecule has 1 aliphatic heterocycles. The lowest BCUT2D eigenvalue weighted by Crippen LogP contribution is -2.51. The molecule has 1 saturated heterocycles. The summed E-state index contributed by atoms with van der Waals surface area (Å²) >= 11 is 0. The van der Waals surface area contributed by atoms with E-state index in [4.69, 9.17) is 0 Å². The van der Waals surface area contributed by atoms with Gasteiger partial charge in [-0.2, -0.15) is 5.10 Å². The molecule has 8 nitrogen and oxygen atoms in total. The summed E-state index contributed by atoms with van der Waals surface area (Å²) in [6.07, 6.45) is 8.61. The number of carbonyl (C=O) groups excluding carboxylic acids is 2. The van der Waals surface area contributed by atoms with Crippen LogP contribution >= 0.6 is 0 Å². The van der Waals surface area contributed by atoms with Crippen LogP contribution in [0.3, 0.4) is 0 Å². The van der Waals surface area contributed by atoms with Crippen molar-refractivity contribution in [3.05, 3.63) is 28.7 Å². The first-order valence-corrected chi connectivity index (χ1v) is 12.1. The van der Waals surface area contributed by atoms with Crippen molar-refractivity contribution < 1.29 is 9.59 Å². The Bertz CT molecular complexity index is 971. The van der Waals surface area contributed by atoms with Crippen molar-refractivity contribution in [3.63, 3.8) is 0 Å². The molecule has 0 unspecified atom stereocenters. The molecule has 2 aromatic rings. The molecule has 2 aromatic heterocycles. The first-order valence-electron chi connectivity index (χ1n) is 12.1. The third-order valence-corrected chi connectivity index (χ3v) is 7.00. The monoisotopic (exact) mass is 440 g/mol. The minimum atomic E-state index is -0.0515. The van der Waals surface area contributed by atoms with Crippen molar-refractivity contribution in [1.82, 2.24) is 30.1 Å². The molecule has 174 valence electrons. The summed E-state index contributed by atoms with van der Waals surface area (Å²) in [4.78, 5) is 31.7. The van der Waals surface area contributed by atoms with Gasteiger partial charge in [-0.15, -0.1) is 0 Å². The van der Waals surface area contributed by atoms with Gasteiger partial charge in [0.15, 0.2) is 5.65 Å². The van der Waals surface area contributed by atoms with E-state index in [2.05, 4.69) is 20.7 Å². The quantitative estimate of drug-likeness (QED) is 0.747. The molecule has 0 atom stereocenters. The SMILES string of the molecule is Cc1cc2nc(C)c(CCC(=O)N3CCC(NC(=O)NC4CCCCC4)CC3)c(C)n2n1. The Kier molecular flexibility index (Phi) is 6.96. The van der Waals surface area contributed by atoms with E-state index in [1.165, 1.54) is 19.3 Å². The molecule has 4 rings (SSSR count). The lowest BCUT2D eigenvalue weighted by atomic mass is 9.96. The summed E-state index contributed by atoms with van der Waals surface area (Å²) in [6, 6.07) is 2.38. The molecule has 1 aliphatic carbocycles. The molecule has 0 radical (unpaired) electrons. The number of urea groups is 1. The number of nitrogens with one attached hydrogen (secondary N) is 2. The van der Waals surface area contributed by atoms with Crippen LogP contribution in [-0.2, 0) is 11.2 Å². The van der Waals surface area contributed by atoms with E-state index in [1.807, 2.05) is 36.3 Å². The fourth-order valence-corrected chi connectivity index (χ4v) is 5.13. The summed E-state index contributed by atoms with van der Waals surface area (Å²) < 4.78 is 1.87. The molecular formula is C24H36N6O2. The van der Waals surface area contributed by atoms with Crippen LogP contribution in [0.2, 0.25) is 0 Å². The van der Waals surface area contributed by atoms with Crippen LogP contribution in [0.4, 0.5) is 4.79 Å². The van der Waals surface area contributed by atoms with Crippen LogP contribution < -0.4 is 10.6 Å². The number of piperidine rings is 1. The highest BCUT2D eigenvalue weighted by Crippen LogP contribution is 2.19. The zero-order chi connectivity index (χ0) is 22.7. The number of nitrogens with zero attached hydrogens (tertiary/aromatic N) is 4. The fourth-order valence-electron chi connectivity index (χ4n) is 5.13. The Labute approximate surface area is 190 Å². The lowest BCUT2D eigenvalue weighted by Gasteiger charge is -2.33. The Hall–Kier alpha value is -2.64. The van der Waals surface area contributed by atoms with Gasteiger partial charge in [-0.05, 0) is 58.4 Å². The van der Waals surface area contributed by atoms with Gasteiger partial charge in [0.2, 0.25) is 5.91 Å². The highest BCUT2D eigenvalue weighted by Gasteiger charge is 2.25. The highest BCUT2D eigenvalue weighted by molar-refractivity contribution is 5.77. The molecule has 0 spiro atoms. The lowest BCUT2D eigenvalue weighted by molar-refractivity contribution is -0.132. The molecule has 32 heavy (non-hydrogen) atoms. The number of aryl methyl sites for hydroxylation is 3. The summed E-state index contributed by atoms with van der Waals surface area (Å²) in [7, 11) is 0. The smallest absolute Gasteiger partial charge is 0.315 e. The average molecular weight is 441 g/mol. The number of likely N-dealkylation sites (tertiary alicyclic amines) is 1. The van der Waals surface area contributed by atoms with Crippen LogP contribution in [0.25, 0.3) is 5.65 Å². The number of carbonyl (C=O) groups is 2. The van der Waals surface area contributed by atoms with Crippen molar-refractivity contribution in [1.29, 1.82) is 0 Å². The van der Waals surface area contributed by atoms with E-state index >= 15 is 0 Å². The Balaban J connectivity index is 1.24. The molecule has 2 N–H and O–H groups in total. The Morgan fingerprint density at radius 3 is 2.34 bits per heavy atom. The van der Waals surface area contributed by atoms with Gasteiger partial charge in [0.25, 0.3) is 0 Å². The number of hydrogen-bond donors (Lipinski definition) is 2. The second-order valence-corrected chi connectivity index (χ2v) is 9.42. The molecule has 3 heterocycles. The van der Waals surface area contributed by atoms with Gasteiger partial charge in [-0.3, -0.25) is 4.79 Å². The van der Waals surface area contributed by atoms with Gasteiger partial charge in [0.1, 0.15) is 0 Å². The molecule has 1 saturated carbocycles. The molecule has 2 fully saturated rings. The van der Waals surface area contributed by atoms with Crippen molar-refractivity contribution in [2.45, 2.75) is 90.6 Å². The first-order chi connectivity index (χ1) is 15.4. The Morgan fingerprint density at radius 1 is 1.00 bits per heavy atom. The van der Waals surface area contributed by atoms with Crippen LogP contribution in [0.15, 0.2) is 6.07 Å². The summed E-state index contributed by atoms with van der Waals surface area (Å²) in [5.74, 6) is 0.172. The van der Waals surface area contributed by atoms with Crippen LogP contribution in [0, 0.1) is 20.8 Å². The third-order valence-electron chi connectivity index (χ3n) is 7.00. The van der Waals surface area contributed by atoms with E-state index in [0.29, 0.717) is 32.0 Å². The third kappa shape index (κ3) is 5.22. The van der Waals surface area contributed by atoms with Gasteiger partial charge in [-0.25, -0.2) is 14.3 Å². The van der Waals surface area contributed by atoms with Gasteiger partial charge < -0.3 is 15.5 Å². The molecule has 0 aromatic carbocycles. The number of rotatable bonds is 5. The average Bonchev–Trinajstić information content (AvgIpc) is 3.15. The normalized spacial score (nSPS) is 18.2. The van der Waals surface area contributed by atoms with Gasteiger partial charge >= 0.3 is 6.03 Å². The summed E-state index contributed by atoms with van der Waals surface area (Å²) in [5.41, 5.74) is 4.92. The van der Waals surface area contributed by atoms with Crippen molar-refractivity contribution in [2.75, 3.05) is 13.1 Å². The van der Waals surface area contributed by atoms with E-state index in [9.17, 15) is 9.59 Å². The minimum Gasteiger partial charge on any atom is -0.343 e. The summed E-state index contributed by atoms with van der Waals surface area (Å²) in [6.45, 7) is 7.40. The predicted octanol–water partition coefficient (Wildman–Crippen LogP) is 3.21. The highest BCUT2D eigenvalue weighted by atomic mass is 16.2. The zero-order valence-corrected chi connectivity index (χ0v) is 19.6. The van der Waals surface area contributed by atoms with Crippen LogP contribution in [0.5, 0.6) is 0 Å². The van der Waals surface area contributed by atoms with Crippen molar-refractivity contribution in [2.24, 2.45) is 0 Å². The maximum absolute atomic E-state index is 12.8. The largest absolute Gasteiger partial charge is 0.343 e. The van der Waals surface area contributed by atoms with Gasteiger partial charge in [0, 0.05) is 49.0 Å². The maximum Gasteiger partial charge on any atom is 0.315 e. The van der Waals surface area contributed by atoms with Crippen molar-refractivity contribution in [3.8, 4) is 0 Å². The first kappa shape index (κ1) is 22.6. The van der Waals surface area contributed by atoms with E-state index in [-0.39, 0.29) is 18.0 Å². The molecule has 0 bridgehead atoms. The number of hydrogen-bond acceptors (Lipinski definition) is 4. The standard InChI is InChI=1S/C24H36N6O2/c1-16-15-22-25-17(2)21(18(3)30(22)28-16)9-10-23(31)29-13-11-20(12-14-29)27-24(32)26-19-7-5-4-6-8-19/h15,19-20H,4-14H2,1-3H3,(H2,26,27,32). The fraction of sp³-hybridized carbons (Fsp3) is 0.667. The van der Waals surface area contributed by atoms with Crippen molar-refractivity contribution >= 4 is 17.6 Å². The van der Waals surface area contributed by atoms with E-state index < -0.39 is 0 Å². The van der Waals surface area contributed by atoms with Crippen LogP contribution in [0.1, 0.15) is 74.0 Å².